The van der Waals surface area contributed by atoms with Gasteiger partial charge in [-0.25, -0.2) is 0 Å². The smallest absolute Gasteiger partial charge is 0.0387 e. The van der Waals surface area contributed by atoms with Crippen LogP contribution in [0.1, 0.15) is 27.8 Å². The lowest BCUT2D eigenvalue weighted by molar-refractivity contribution is 0.965. The molecule has 3 aromatic carbocycles. The van der Waals surface area contributed by atoms with Crippen molar-refractivity contribution in [1.29, 1.82) is 0 Å². The number of aryl methyl sites for hydroxylation is 2. The van der Waals surface area contributed by atoms with Crippen LogP contribution in [0.4, 0.5) is 5.69 Å². The second-order valence-corrected chi connectivity index (χ2v) is 6.00. The molecule has 0 fully saturated rings. The maximum atomic E-state index is 6.17. The Bertz CT molecular complexity index is 840. The molecule has 0 bridgehead atoms. The number of para-hydroxylation sites is 1. The van der Waals surface area contributed by atoms with E-state index < -0.39 is 0 Å². The summed E-state index contributed by atoms with van der Waals surface area (Å²) in [5, 5.41) is 0. The predicted molar refractivity (Wildman–Crippen MR) is 98.1 cm³/mol. The standard InChI is InChI=1S/C22H19N/c23-22-12-6-3-9-18(22)15-21-19-10-4-1-7-16(19)13-14-17-8-2-5-11-20(17)21/h1-12,15H,13-14,23H2. The molecular weight excluding hydrogens is 278 g/mol. The summed E-state index contributed by atoms with van der Waals surface area (Å²) in [4.78, 5) is 0. The van der Waals surface area contributed by atoms with Crippen molar-refractivity contribution in [3.05, 3.63) is 101 Å². The van der Waals surface area contributed by atoms with E-state index in [2.05, 4.69) is 60.7 Å². The second kappa shape index (κ2) is 5.77. The van der Waals surface area contributed by atoms with Gasteiger partial charge in [0.1, 0.15) is 0 Å². The lowest BCUT2D eigenvalue weighted by Gasteiger charge is -2.12. The number of hydrogen-bond acceptors (Lipinski definition) is 1. The summed E-state index contributed by atoms with van der Waals surface area (Å²) in [5.74, 6) is 0. The van der Waals surface area contributed by atoms with Gasteiger partial charge in [0.2, 0.25) is 0 Å². The van der Waals surface area contributed by atoms with Crippen LogP contribution < -0.4 is 5.73 Å². The first-order chi connectivity index (χ1) is 11.3. The summed E-state index contributed by atoms with van der Waals surface area (Å²) in [5.41, 5.74) is 14.8. The van der Waals surface area contributed by atoms with Crippen LogP contribution in [-0.4, -0.2) is 0 Å². The fourth-order valence-corrected chi connectivity index (χ4v) is 3.37. The van der Waals surface area contributed by atoms with Crippen LogP contribution in [0.15, 0.2) is 72.8 Å². The largest absolute Gasteiger partial charge is 0.398 e. The molecule has 1 aliphatic carbocycles. The van der Waals surface area contributed by atoms with Gasteiger partial charge in [-0.2, -0.15) is 0 Å². The van der Waals surface area contributed by atoms with E-state index in [4.69, 9.17) is 5.73 Å². The van der Waals surface area contributed by atoms with Gasteiger partial charge in [0.25, 0.3) is 0 Å². The molecule has 112 valence electrons. The number of nitrogen functional groups attached to an aromatic ring is 1. The number of hydrogen-bond donors (Lipinski definition) is 1. The topological polar surface area (TPSA) is 26.0 Å². The van der Waals surface area contributed by atoms with Crippen molar-refractivity contribution in [2.75, 3.05) is 5.73 Å². The molecule has 0 heterocycles. The molecule has 1 aliphatic rings. The molecule has 0 aromatic heterocycles. The molecule has 0 saturated carbocycles. The molecule has 2 N–H and O–H groups in total. The molecule has 23 heavy (non-hydrogen) atoms. The van der Waals surface area contributed by atoms with Gasteiger partial charge >= 0.3 is 0 Å². The number of rotatable bonds is 1. The van der Waals surface area contributed by atoms with Crippen molar-refractivity contribution >= 4 is 17.3 Å². The summed E-state index contributed by atoms with van der Waals surface area (Å²) in [6.07, 6.45) is 4.39. The summed E-state index contributed by atoms with van der Waals surface area (Å²) in [7, 11) is 0. The third-order valence-electron chi connectivity index (χ3n) is 4.57. The highest BCUT2D eigenvalue weighted by Gasteiger charge is 2.17. The van der Waals surface area contributed by atoms with E-state index in [9.17, 15) is 0 Å². The van der Waals surface area contributed by atoms with E-state index in [0.29, 0.717) is 0 Å². The minimum atomic E-state index is 0.819. The molecular formula is C22H19N. The zero-order valence-electron chi connectivity index (χ0n) is 13.0. The number of anilines is 1. The van der Waals surface area contributed by atoms with Gasteiger partial charge in [-0.15, -0.1) is 0 Å². The number of nitrogens with two attached hydrogens (primary N) is 1. The Morgan fingerprint density at radius 2 is 1.17 bits per heavy atom. The first-order valence-corrected chi connectivity index (χ1v) is 8.06. The lowest BCUT2D eigenvalue weighted by atomic mass is 9.92. The van der Waals surface area contributed by atoms with Gasteiger partial charge in [0.05, 0.1) is 0 Å². The van der Waals surface area contributed by atoms with Crippen molar-refractivity contribution in [1.82, 2.24) is 0 Å². The minimum Gasteiger partial charge on any atom is -0.398 e. The number of fused-ring (bicyclic) bond motifs is 2. The molecule has 0 aliphatic heterocycles. The van der Waals surface area contributed by atoms with E-state index in [1.807, 2.05) is 18.2 Å². The molecule has 0 spiro atoms. The van der Waals surface area contributed by atoms with Crippen LogP contribution in [-0.2, 0) is 12.8 Å². The quantitative estimate of drug-likeness (QED) is 0.631. The molecule has 3 aromatic rings. The van der Waals surface area contributed by atoms with E-state index in [-0.39, 0.29) is 0 Å². The third-order valence-corrected chi connectivity index (χ3v) is 4.57. The zero-order valence-corrected chi connectivity index (χ0v) is 13.0. The first-order valence-electron chi connectivity index (χ1n) is 8.06. The van der Waals surface area contributed by atoms with Gasteiger partial charge in [0.15, 0.2) is 0 Å². The van der Waals surface area contributed by atoms with Crippen molar-refractivity contribution in [3.63, 3.8) is 0 Å². The van der Waals surface area contributed by atoms with Crippen molar-refractivity contribution in [3.8, 4) is 0 Å². The Kier molecular flexibility index (Phi) is 3.47. The molecule has 0 amide bonds. The highest BCUT2D eigenvalue weighted by atomic mass is 14.5. The van der Waals surface area contributed by atoms with Crippen LogP contribution >= 0.6 is 0 Å². The summed E-state index contributed by atoms with van der Waals surface area (Å²) < 4.78 is 0. The maximum Gasteiger partial charge on any atom is 0.0387 e. The molecule has 0 saturated heterocycles. The van der Waals surface area contributed by atoms with E-state index >= 15 is 0 Å². The molecule has 1 heteroatoms. The van der Waals surface area contributed by atoms with E-state index in [1.54, 1.807) is 0 Å². The van der Waals surface area contributed by atoms with Gasteiger partial charge in [0, 0.05) is 5.69 Å². The molecule has 0 radical (unpaired) electrons. The monoisotopic (exact) mass is 297 g/mol. The Morgan fingerprint density at radius 3 is 1.78 bits per heavy atom. The number of benzene rings is 3. The molecule has 1 nitrogen and oxygen atoms in total. The third kappa shape index (κ3) is 2.55. The molecule has 0 unspecified atom stereocenters. The SMILES string of the molecule is Nc1ccccc1C=C1c2ccccc2CCc2ccccc21. The van der Waals surface area contributed by atoms with Gasteiger partial charge < -0.3 is 5.73 Å². The van der Waals surface area contributed by atoms with E-state index in [1.165, 1.54) is 27.8 Å². The van der Waals surface area contributed by atoms with Crippen LogP contribution in [0.3, 0.4) is 0 Å². The zero-order chi connectivity index (χ0) is 15.6. The highest BCUT2D eigenvalue weighted by Crippen LogP contribution is 2.35. The van der Waals surface area contributed by atoms with Crippen LogP contribution in [0, 0.1) is 0 Å². The van der Waals surface area contributed by atoms with Crippen LogP contribution in [0.5, 0.6) is 0 Å². The summed E-state index contributed by atoms with van der Waals surface area (Å²) >= 11 is 0. The lowest BCUT2D eigenvalue weighted by Crippen LogP contribution is -1.94. The normalized spacial score (nSPS) is 13.0. The Hall–Kier alpha value is -2.80. The van der Waals surface area contributed by atoms with Crippen molar-refractivity contribution in [2.45, 2.75) is 12.8 Å². The average molecular weight is 297 g/mol. The fourth-order valence-electron chi connectivity index (χ4n) is 3.37. The van der Waals surface area contributed by atoms with E-state index in [0.717, 1.165) is 24.1 Å². The molecule has 0 atom stereocenters. The van der Waals surface area contributed by atoms with Crippen molar-refractivity contribution < 1.29 is 0 Å². The Morgan fingerprint density at radius 1 is 0.652 bits per heavy atom. The van der Waals surface area contributed by atoms with Crippen molar-refractivity contribution in [2.24, 2.45) is 0 Å². The highest BCUT2D eigenvalue weighted by molar-refractivity contribution is 5.95. The average Bonchev–Trinajstić information content (AvgIpc) is 2.75. The molecule has 4 rings (SSSR count). The fraction of sp³-hybridized carbons (Fsp3) is 0.0909. The summed E-state index contributed by atoms with van der Waals surface area (Å²) in [6.45, 7) is 0. The summed E-state index contributed by atoms with van der Waals surface area (Å²) in [6, 6.07) is 25.5. The minimum absolute atomic E-state index is 0.819. The van der Waals surface area contributed by atoms with Gasteiger partial charge in [-0.05, 0) is 58.4 Å². The first kappa shape index (κ1) is 13.8. The predicted octanol–water partition coefficient (Wildman–Crippen LogP) is 4.96. The Labute approximate surface area is 137 Å². The van der Waals surface area contributed by atoms with Crippen LogP contribution in [0.25, 0.3) is 11.6 Å². The van der Waals surface area contributed by atoms with Crippen LogP contribution in [0.2, 0.25) is 0 Å². The Balaban J connectivity index is 1.99. The maximum absolute atomic E-state index is 6.17. The van der Waals surface area contributed by atoms with Gasteiger partial charge in [-0.3, -0.25) is 0 Å². The second-order valence-electron chi connectivity index (χ2n) is 6.00. The van der Waals surface area contributed by atoms with Gasteiger partial charge in [-0.1, -0.05) is 66.7 Å².